The minimum Gasteiger partial charge on any atom is -0.347 e. The van der Waals surface area contributed by atoms with Crippen molar-refractivity contribution in [3.63, 3.8) is 0 Å². The van der Waals surface area contributed by atoms with Gasteiger partial charge in [0, 0.05) is 49.9 Å². The number of amides is 1. The lowest BCUT2D eigenvalue weighted by Gasteiger charge is -2.12. The van der Waals surface area contributed by atoms with E-state index in [9.17, 15) is 14.4 Å². The number of rotatable bonds is 6. The Kier molecular flexibility index (Phi) is 6.22. The molecule has 3 rings (SSSR count). The van der Waals surface area contributed by atoms with Crippen LogP contribution in [-0.2, 0) is 24.8 Å². The van der Waals surface area contributed by atoms with Crippen LogP contribution in [0.2, 0.25) is 5.02 Å². The summed E-state index contributed by atoms with van der Waals surface area (Å²) in [4.78, 5) is 38.4. The zero-order chi connectivity index (χ0) is 22.0. The molecule has 0 fully saturated rings. The Balaban J connectivity index is 1.89. The van der Waals surface area contributed by atoms with Crippen molar-refractivity contribution in [2.24, 2.45) is 7.05 Å². The third-order valence-electron chi connectivity index (χ3n) is 4.91. The highest BCUT2D eigenvalue weighted by molar-refractivity contribution is 6.30. The summed E-state index contributed by atoms with van der Waals surface area (Å²) in [6, 6.07) is 11.8. The summed E-state index contributed by atoms with van der Waals surface area (Å²) < 4.78 is 3.00. The third kappa shape index (κ3) is 4.52. The van der Waals surface area contributed by atoms with Crippen molar-refractivity contribution in [1.82, 2.24) is 19.2 Å². The Labute approximate surface area is 179 Å². The van der Waals surface area contributed by atoms with Crippen molar-refractivity contribution in [2.45, 2.75) is 19.9 Å². The largest absolute Gasteiger partial charge is 0.347 e. The van der Waals surface area contributed by atoms with Gasteiger partial charge >= 0.3 is 0 Å². The van der Waals surface area contributed by atoms with Gasteiger partial charge in [-0.3, -0.25) is 14.4 Å². The molecular formula is C22H23ClN4O3. The Morgan fingerprint density at radius 2 is 1.77 bits per heavy atom. The summed E-state index contributed by atoms with van der Waals surface area (Å²) in [6.07, 6.45) is 0.418. The van der Waals surface area contributed by atoms with E-state index in [-0.39, 0.29) is 23.8 Å². The van der Waals surface area contributed by atoms with Crippen LogP contribution in [-0.4, -0.2) is 45.0 Å². The number of carbonyl (C=O) groups excluding carboxylic acids is 2. The Morgan fingerprint density at radius 3 is 2.40 bits per heavy atom. The van der Waals surface area contributed by atoms with E-state index in [1.807, 2.05) is 24.6 Å². The summed E-state index contributed by atoms with van der Waals surface area (Å²) >= 11 is 5.92. The predicted octanol–water partition coefficient (Wildman–Crippen LogP) is 2.45. The molecule has 1 aromatic carbocycles. The quantitative estimate of drug-likeness (QED) is 0.567. The molecule has 0 saturated heterocycles. The number of aromatic nitrogens is 3. The van der Waals surface area contributed by atoms with E-state index in [1.54, 1.807) is 44.4 Å². The summed E-state index contributed by atoms with van der Waals surface area (Å²) in [7, 11) is 5.09. The van der Waals surface area contributed by atoms with Crippen LogP contribution in [0.15, 0.2) is 47.3 Å². The first kappa shape index (κ1) is 21.5. The molecule has 156 valence electrons. The Morgan fingerprint density at radius 1 is 1.10 bits per heavy atom. The number of likely N-dealkylation sites (N-methyl/N-ethyl adjacent to an activating group) is 1. The normalized spacial score (nSPS) is 10.8. The summed E-state index contributed by atoms with van der Waals surface area (Å²) in [5.74, 6) is -0.306. The van der Waals surface area contributed by atoms with Crippen molar-refractivity contribution >= 4 is 23.3 Å². The number of hydrogen-bond acceptors (Lipinski definition) is 4. The van der Waals surface area contributed by atoms with Gasteiger partial charge in [0.25, 0.3) is 5.56 Å². The molecule has 1 amide bonds. The summed E-state index contributed by atoms with van der Waals surface area (Å²) in [5, 5.41) is 4.90. The lowest BCUT2D eigenvalue weighted by Crippen LogP contribution is -2.33. The maximum atomic E-state index is 13.0. The van der Waals surface area contributed by atoms with E-state index in [4.69, 9.17) is 11.6 Å². The molecule has 0 aliphatic rings. The van der Waals surface area contributed by atoms with Gasteiger partial charge in [-0.25, -0.2) is 4.68 Å². The highest BCUT2D eigenvalue weighted by atomic mass is 35.5. The van der Waals surface area contributed by atoms with Crippen LogP contribution >= 0.6 is 11.6 Å². The van der Waals surface area contributed by atoms with Crippen LogP contribution < -0.4 is 5.56 Å². The second kappa shape index (κ2) is 8.67. The molecule has 0 atom stereocenters. The van der Waals surface area contributed by atoms with Crippen molar-refractivity contribution in [3.8, 4) is 0 Å². The molecule has 3 aromatic rings. The lowest BCUT2D eigenvalue weighted by atomic mass is 10.1. The van der Waals surface area contributed by atoms with E-state index in [0.717, 1.165) is 15.9 Å². The Bertz CT molecular complexity index is 1160. The molecule has 30 heavy (non-hydrogen) atoms. The molecular weight excluding hydrogens is 404 g/mol. The molecule has 0 spiro atoms. The van der Waals surface area contributed by atoms with Gasteiger partial charge in [-0.15, -0.1) is 0 Å². The van der Waals surface area contributed by atoms with Crippen LogP contribution in [0.25, 0.3) is 0 Å². The smallest absolute Gasteiger partial charge is 0.267 e. The van der Waals surface area contributed by atoms with Crippen LogP contribution in [0.3, 0.4) is 0 Å². The van der Waals surface area contributed by atoms with Crippen molar-refractivity contribution < 1.29 is 9.59 Å². The van der Waals surface area contributed by atoms with Gasteiger partial charge < -0.3 is 9.47 Å². The van der Waals surface area contributed by atoms with Gasteiger partial charge in [0.2, 0.25) is 11.7 Å². The first-order chi connectivity index (χ1) is 14.2. The number of aryl methyl sites for hydroxylation is 1. The maximum Gasteiger partial charge on any atom is 0.267 e. The second-order valence-electron chi connectivity index (χ2n) is 7.35. The standard InChI is InChI=1S/C22H23ClN4O3/c1-14-11-18(26(4)21(14)22(30)15-5-7-16(23)8-6-15)12-17-9-10-19(28)27(24-17)13-20(29)25(2)3/h5-11H,12-13H2,1-4H3. The fourth-order valence-corrected chi connectivity index (χ4v) is 3.34. The van der Waals surface area contributed by atoms with E-state index >= 15 is 0 Å². The minimum absolute atomic E-state index is 0.0903. The highest BCUT2D eigenvalue weighted by Gasteiger charge is 2.19. The van der Waals surface area contributed by atoms with Gasteiger partial charge in [0.05, 0.1) is 11.4 Å². The first-order valence-corrected chi connectivity index (χ1v) is 9.78. The van der Waals surface area contributed by atoms with Gasteiger partial charge in [0.1, 0.15) is 6.54 Å². The van der Waals surface area contributed by atoms with Crippen LogP contribution in [0.4, 0.5) is 0 Å². The molecule has 0 radical (unpaired) electrons. The number of halogens is 1. The van der Waals surface area contributed by atoms with Crippen LogP contribution in [0.1, 0.15) is 33.0 Å². The third-order valence-corrected chi connectivity index (χ3v) is 5.16. The molecule has 0 aliphatic carbocycles. The zero-order valence-corrected chi connectivity index (χ0v) is 18.1. The monoisotopic (exact) mass is 426 g/mol. The number of ketones is 1. The fraction of sp³-hybridized carbons (Fsp3) is 0.273. The minimum atomic E-state index is -0.337. The molecule has 0 saturated carbocycles. The number of benzene rings is 1. The molecule has 8 heteroatoms. The topological polar surface area (TPSA) is 77.2 Å². The second-order valence-corrected chi connectivity index (χ2v) is 7.78. The molecule has 2 heterocycles. The average molecular weight is 427 g/mol. The van der Waals surface area contributed by atoms with Gasteiger partial charge in [-0.2, -0.15) is 5.10 Å². The van der Waals surface area contributed by atoms with E-state index in [0.29, 0.717) is 28.4 Å². The van der Waals surface area contributed by atoms with E-state index < -0.39 is 0 Å². The lowest BCUT2D eigenvalue weighted by molar-refractivity contribution is -0.129. The Hall–Kier alpha value is -3.19. The van der Waals surface area contributed by atoms with Crippen molar-refractivity contribution in [2.75, 3.05) is 14.1 Å². The number of carbonyl (C=O) groups is 2. The van der Waals surface area contributed by atoms with Gasteiger partial charge in [-0.05, 0) is 48.9 Å². The van der Waals surface area contributed by atoms with Crippen molar-refractivity contribution in [3.05, 3.63) is 86.0 Å². The molecule has 0 aliphatic heterocycles. The van der Waals surface area contributed by atoms with Crippen LogP contribution in [0, 0.1) is 6.92 Å². The van der Waals surface area contributed by atoms with Crippen LogP contribution in [0.5, 0.6) is 0 Å². The van der Waals surface area contributed by atoms with E-state index in [2.05, 4.69) is 5.10 Å². The van der Waals surface area contributed by atoms with Gasteiger partial charge in [0.15, 0.2) is 0 Å². The molecule has 0 N–H and O–H groups in total. The SMILES string of the molecule is Cc1cc(Cc2ccc(=O)n(CC(=O)N(C)C)n2)n(C)c1C(=O)c1ccc(Cl)cc1. The average Bonchev–Trinajstić information content (AvgIpc) is 2.97. The highest BCUT2D eigenvalue weighted by Crippen LogP contribution is 2.21. The fourth-order valence-electron chi connectivity index (χ4n) is 3.22. The van der Waals surface area contributed by atoms with Crippen molar-refractivity contribution in [1.29, 1.82) is 0 Å². The number of nitrogens with zero attached hydrogens (tertiary/aromatic N) is 4. The molecule has 0 bridgehead atoms. The molecule has 7 nitrogen and oxygen atoms in total. The number of hydrogen-bond donors (Lipinski definition) is 0. The predicted molar refractivity (Wildman–Crippen MR) is 115 cm³/mol. The van der Waals surface area contributed by atoms with E-state index in [1.165, 1.54) is 11.0 Å². The zero-order valence-electron chi connectivity index (χ0n) is 17.3. The maximum absolute atomic E-state index is 13.0. The summed E-state index contributed by atoms with van der Waals surface area (Å²) in [6.45, 7) is 1.77. The summed E-state index contributed by atoms with van der Waals surface area (Å²) in [5.41, 5.74) is 3.17. The first-order valence-electron chi connectivity index (χ1n) is 9.40. The van der Waals surface area contributed by atoms with Gasteiger partial charge in [-0.1, -0.05) is 11.6 Å². The molecule has 2 aromatic heterocycles. The molecule has 0 unspecified atom stereocenters.